The van der Waals surface area contributed by atoms with Crippen molar-refractivity contribution in [3.63, 3.8) is 0 Å². The number of rotatable bonds is 3. The summed E-state index contributed by atoms with van der Waals surface area (Å²) in [6, 6.07) is 0. The van der Waals surface area contributed by atoms with Gasteiger partial charge in [-0.3, -0.25) is 0 Å². The lowest BCUT2D eigenvalue weighted by molar-refractivity contribution is 0.154. The predicted octanol–water partition coefficient (Wildman–Crippen LogP) is 2.00. The van der Waals surface area contributed by atoms with Crippen LogP contribution in [-0.2, 0) is 4.43 Å². The third-order valence-electron chi connectivity index (χ3n) is 0.580. The van der Waals surface area contributed by atoms with Gasteiger partial charge < -0.3 is 4.43 Å². The minimum atomic E-state index is -5.72. The Morgan fingerprint density at radius 3 is 1.89 bits per heavy atom. The Balaban J connectivity index is 3.28. The SMILES string of the molecule is CC(C)CO[Si](F)(F)F. The van der Waals surface area contributed by atoms with Crippen LogP contribution >= 0.6 is 0 Å². The highest BCUT2D eigenvalue weighted by Crippen LogP contribution is 2.10. The largest absolute Gasteiger partial charge is 0.802 e. The van der Waals surface area contributed by atoms with E-state index in [1.807, 2.05) is 0 Å². The molecule has 0 aromatic carbocycles. The first kappa shape index (κ1) is 8.97. The molecule has 0 unspecified atom stereocenters. The molecule has 0 saturated heterocycles. The van der Waals surface area contributed by atoms with Crippen LogP contribution in [0.1, 0.15) is 13.8 Å². The Morgan fingerprint density at radius 1 is 1.33 bits per heavy atom. The molecule has 1 nitrogen and oxygen atoms in total. The molecule has 0 saturated carbocycles. The van der Waals surface area contributed by atoms with Gasteiger partial charge in [-0.05, 0) is 5.92 Å². The molecule has 0 bridgehead atoms. The van der Waals surface area contributed by atoms with Gasteiger partial charge in [0.05, 0.1) is 0 Å². The molecule has 0 amide bonds. The van der Waals surface area contributed by atoms with Crippen LogP contribution in [0.15, 0.2) is 0 Å². The Morgan fingerprint density at radius 2 is 1.78 bits per heavy atom. The molecule has 0 aliphatic carbocycles. The zero-order valence-electron chi connectivity index (χ0n) is 5.33. The van der Waals surface area contributed by atoms with Crippen molar-refractivity contribution in [1.29, 1.82) is 0 Å². The van der Waals surface area contributed by atoms with Crippen molar-refractivity contribution >= 4 is 9.32 Å². The average molecular weight is 158 g/mol. The molecule has 56 valence electrons. The van der Waals surface area contributed by atoms with Crippen molar-refractivity contribution in [1.82, 2.24) is 0 Å². The maximum absolute atomic E-state index is 11.3. The smallest absolute Gasteiger partial charge is 0.342 e. The lowest BCUT2D eigenvalue weighted by atomic mass is 10.2. The van der Waals surface area contributed by atoms with Gasteiger partial charge in [0, 0.05) is 6.61 Å². The van der Waals surface area contributed by atoms with E-state index < -0.39 is 9.32 Å². The number of hydrogen-bond donors (Lipinski definition) is 0. The molecule has 0 atom stereocenters. The van der Waals surface area contributed by atoms with Gasteiger partial charge in [0.1, 0.15) is 0 Å². The second kappa shape index (κ2) is 3.22. The summed E-state index contributed by atoms with van der Waals surface area (Å²) in [5.74, 6) is -0.0425. The van der Waals surface area contributed by atoms with E-state index in [2.05, 4.69) is 4.43 Å². The summed E-state index contributed by atoms with van der Waals surface area (Å²) in [5.41, 5.74) is 0. The highest BCUT2D eigenvalue weighted by molar-refractivity contribution is 6.51. The average Bonchev–Trinajstić information content (AvgIpc) is 1.59. The third-order valence-corrected chi connectivity index (χ3v) is 1.07. The first-order chi connectivity index (χ1) is 3.92. The molecule has 0 N–H and O–H groups in total. The van der Waals surface area contributed by atoms with Gasteiger partial charge in [0.15, 0.2) is 0 Å². The van der Waals surface area contributed by atoms with Crippen molar-refractivity contribution in [3.05, 3.63) is 0 Å². The lowest BCUT2D eigenvalue weighted by Gasteiger charge is -2.05. The van der Waals surface area contributed by atoms with E-state index in [-0.39, 0.29) is 12.5 Å². The van der Waals surface area contributed by atoms with E-state index >= 15 is 0 Å². The molecule has 5 heteroatoms. The van der Waals surface area contributed by atoms with Crippen LogP contribution in [0.4, 0.5) is 12.3 Å². The highest BCUT2D eigenvalue weighted by atomic mass is 28.5. The van der Waals surface area contributed by atoms with E-state index in [1.54, 1.807) is 13.8 Å². The van der Waals surface area contributed by atoms with Crippen LogP contribution in [0, 0.1) is 5.92 Å². The van der Waals surface area contributed by atoms with E-state index in [4.69, 9.17) is 0 Å². The van der Waals surface area contributed by atoms with Crippen molar-refractivity contribution < 1.29 is 16.7 Å². The standard InChI is InChI=1S/C4H9F3OSi/c1-4(2)3-8-9(5,6)7/h4H,3H2,1-2H3. The Kier molecular flexibility index (Phi) is 3.20. The summed E-state index contributed by atoms with van der Waals surface area (Å²) in [7, 11) is -5.72. The number of halogens is 3. The third kappa shape index (κ3) is 7.97. The molecular weight excluding hydrogens is 149 g/mol. The van der Waals surface area contributed by atoms with Crippen LogP contribution < -0.4 is 0 Å². The van der Waals surface area contributed by atoms with Crippen LogP contribution in [0.3, 0.4) is 0 Å². The van der Waals surface area contributed by atoms with E-state index in [9.17, 15) is 12.3 Å². The molecule has 0 aliphatic heterocycles. The Hall–Kier alpha value is -0.0331. The Labute approximate surface area is 53.5 Å². The van der Waals surface area contributed by atoms with Crippen molar-refractivity contribution in [3.8, 4) is 0 Å². The molecule has 0 aromatic heterocycles. The topological polar surface area (TPSA) is 9.23 Å². The van der Waals surface area contributed by atoms with Gasteiger partial charge in [0.25, 0.3) is 0 Å². The molecule has 0 aromatic rings. The zero-order chi connectivity index (χ0) is 7.49. The fourth-order valence-corrected chi connectivity index (χ4v) is 0.783. The Bertz CT molecular complexity index is 80.4. The summed E-state index contributed by atoms with van der Waals surface area (Å²) >= 11 is 0. The minimum Gasteiger partial charge on any atom is -0.342 e. The van der Waals surface area contributed by atoms with Crippen molar-refractivity contribution in [2.75, 3.05) is 6.61 Å². The molecular formula is C4H9F3OSi. The van der Waals surface area contributed by atoms with E-state index in [0.29, 0.717) is 0 Å². The van der Waals surface area contributed by atoms with E-state index in [0.717, 1.165) is 0 Å². The summed E-state index contributed by atoms with van der Waals surface area (Å²) in [4.78, 5) is 0. The van der Waals surface area contributed by atoms with Crippen molar-refractivity contribution in [2.24, 2.45) is 5.92 Å². The molecule has 0 heterocycles. The van der Waals surface area contributed by atoms with E-state index in [1.165, 1.54) is 0 Å². The van der Waals surface area contributed by atoms with Gasteiger partial charge >= 0.3 is 9.32 Å². The predicted molar refractivity (Wildman–Crippen MR) is 29.9 cm³/mol. The second-order valence-electron chi connectivity index (χ2n) is 2.15. The fraction of sp³-hybridized carbons (Fsp3) is 1.00. The molecule has 0 radical (unpaired) electrons. The van der Waals surface area contributed by atoms with Gasteiger partial charge in [-0.2, -0.15) is 0 Å². The first-order valence-electron chi connectivity index (χ1n) is 2.62. The van der Waals surface area contributed by atoms with Gasteiger partial charge in [-0.25, -0.2) is 12.3 Å². The summed E-state index contributed by atoms with van der Waals surface area (Å²) in [6.07, 6.45) is 0. The van der Waals surface area contributed by atoms with Gasteiger partial charge in [0.2, 0.25) is 0 Å². The molecule has 9 heavy (non-hydrogen) atoms. The normalized spacial score (nSPS) is 12.7. The fourth-order valence-electron chi connectivity index (χ4n) is 0.261. The van der Waals surface area contributed by atoms with Crippen LogP contribution in [0.25, 0.3) is 0 Å². The maximum Gasteiger partial charge on any atom is 0.802 e. The van der Waals surface area contributed by atoms with Crippen molar-refractivity contribution in [2.45, 2.75) is 13.8 Å². The minimum absolute atomic E-state index is 0.0425. The monoisotopic (exact) mass is 158 g/mol. The molecule has 0 rings (SSSR count). The first-order valence-corrected chi connectivity index (χ1v) is 4.16. The van der Waals surface area contributed by atoms with Crippen LogP contribution in [0.5, 0.6) is 0 Å². The summed E-state index contributed by atoms with van der Waals surface area (Å²) < 4.78 is 37.6. The van der Waals surface area contributed by atoms with Gasteiger partial charge in [-0.1, -0.05) is 13.8 Å². The zero-order valence-corrected chi connectivity index (χ0v) is 6.33. The highest BCUT2D eigenvalue weighted by Gasteiger charge is 2.41. The number of hydrogen-bond acceptors (Lipinski definition) is 1. The lowest BCUT2D eigenvalue weighted by Crippen LogP contribution is -2.23. The quantitative estimate of drug-likeness (QED) is 0.451. The second-order valence-corrected chi connectivity index (χ2v) is 3.33. The molecule has 0 spiro atoms. The summed E-state index contributed by atoms with van der Waals surface area (Å²) in [5, 5.41) is 0. The molecule has 0 aliphatic rings. The summed E-state index contributed by atoms with van der Waals surface area (Å²) in [6.45, 7) is 3.16. The van der Waals surface area contributed by atoms with Gasteiger partial charge in [-0.15, -0.1) is 0 Å². The van der Waals surface area contributed by atoms with Crippen LogP contribution in [0.2, 0.25) is 0 Å². The molecule has 0 fully saturated rings. The van der Waals surface area contributed by atoms with Crippen LogP contribution in [-0.4, -0.2) is 15.9 Å². The maximum atomic E-state index is 11.3.